The molecular formula is C22H21N3O8S. The van der Waals surface area contributed by atoms with E-state index in [1.807, 2.05) is 0 Å². The van der Waals surface area contributed by atoms with Gasteiger partial charge in [-0.15, -0.1) is 0 Å². The molecule has 2 aliphatic rings. The first-order valence-electron chi connectivity index (χ1n) is 10.6. The van der Waals surface area contributed by atoms with E-state index in [0.29, 0.717) is 55.3 Å². The number of ether oxygens (including phenoxy) is 2. The van der Waals surface area contributed by atoms with Gasteiger partial charge in [0.05, 0.1) is 17.0 Å². The zero-order chi connectivity index (χ0) is 23.9. The van der Waals surface area contributed by atoms with E-state index in [0.717, 1.165) is 4.57 Å². The number of amides is 1. The van der Waals surface area contributed by atoms with Gasteiger partial charge in [0, 0.05) is 37.8 Å². The number of sulfonamides is 1. The summed E-state index contributed by atoms with van der Waals surface area (Å²) in [4.78, 5) is 37.7. The van der Waals surface area contributed by atoms with Crippen LogP contribution in [0.15, 0.2) is 50.5 Å². The number of Topliss-reactive ketones (excluding diaryl/α,β-unsaturated/α-hetero) is 1. The highest BCUT2D eigenvalue weighted by Gasteiger charge is 2.29. The van der Waals surface area contributed by atoms with Gasteiger partial charge in [0.15, 0.2) is 22.9 Å². The number of aromatic nitrogens is 1. The van der Waals surface area contributed by atoms with E-state index in [2.05, 4.69) is 0 Å². The fourth-order valence-corrected chi connectivity index (χ4v) is 5.45. The number of hydrogen-bond acceptors (Lipinski definition) is 8. The Bertz CT molecular complexity index is 1430. The van der Waals surface area contributed by atoms with Crippen molar-refractivity contribution >= 4 is 33.3 Å². The Morgan fingerprint density at radius 3 is 2.44 bits per heavy atom. The molecular weight excluding hydrogens is 466 g/mol. The predicted molar refractivity (Wildman–Crippen MR) is 119 cm³/mol. The third-order valence-electron chi connectivity index (χ3n) is 5.87. The number of hydrogen-bond donors (Lipinski definition) is 0. The van der Waals surface area contributed by atoms with Crippen molar-refractivity contribution in [2.24, 2.45) is 0 Å². The van der Waals surface area contributed by atoms with Crippen molar-refractivity contribution < 1.29 is 31.9 Å². The minimum absolute atomic E-state index is 0.0291. The molecule has 5 rings (SSSR count). The first-order valence-corrected chi connectivity index (χ1v) is 12.1. The Morgan fingerprint density at radius 1 is 0.971 bits per heavy atom. The number of piperazine rings is 1. The molecule has 3 aromatic rings. The molecule has 12 heteroatoms. The summed E-state index contributed by atoms with van der Waals surface area (Å²) in [5, 5.41) is 0. The first kappa shape index (κ1) is 22.2. The fourth-order valence-electron chi connectivity index (χ4n) is 4.01. The van der Waals surface area contributed by atoms with Gasteiger partial charge in [-0.2, -0.15) is 4.31 Å². The third-order valence-corrected chi connectivity index (χ3v) is 7.76. The molecule has 11 nitrogen and oxygen atoms in total. The lowest BCUT2D eigenvalue weighted by Gasteiger charge is -2.31. The maximum atomic E-state index is 13.0. The highest BCUT2D eigenvalue weighted by molar-refractivity contribution is 7.89. The van der Waals surface area contributed by atoms with Crippen LogP contribution in [0.5, 0.6) is 11.5 Å². The van der Waals surface area contributed by atoms with Crippen molar-refractivity contribution in [3.8, 4) is 11.5 Å². The largest absolute Gasteiger partial charge is 0.486 e. The monoisotopic (exact) mass is 487 g/mol. The average molecular weight is 487 g/mol. The molecule has 0 radical (unpaired) electrons. The maximum absolute atomic E-state index is 13.0. The van der Waals surface area contributed by atoms with Gasteiger partial charge in [-0.05, 0) is 30.3 Å². The van der Waals surface area contributed by atoms with E-state index < -0.39 is 15.8 Å². The van der Waals surface area contributed by atoms with Gasteiger partial charge in [-0.1, -0.05) is 0 Å². The molecule has 1 amide bonds. The lowest BCUT2D eigenvalue weighted by atomic mass is 10.1. The average Bonchev–Trinajstić information content (AvgIpc) is 3.17. The zero-order valence-electron chi connectivity index (χ0n) is 18.0. The number of carbonyl (C=O) groups is 2. The van der Waals surface area contributed by atoms with Crippen LogP contribution < -0.4 is 15.2 Å². The highest BCUT2D eigenvalue weighted by atomic mass is 32.2. The number of nitrogens with zero attached hydrogens (tertiary/aromatic N) is 3. The van der Waals surface area contributed by atoms with Crippen LogP contribution in [0.1, 0.15) is 10.4 Å². The summed E-state index contributed by atoms with van der Waals surface area (Å²) < 4.78 is 44.7. The van der Waals surface area contributed by atoms with Crippen LogP contribution in [0.4, 0.5) is 0 Å². The van der Waals surface area contributed by atoms with Gasteiger partial charge < -0.3 is 18.8 Å². The Labute approximate surface area is 194 Å². The first-order chi connectivity index (χ1) is 16.4. The van der Waals surface area contributed by atoms with E-state index in [-0.39, 0.29) is 35.9 Å². The summed E-state index contributed by atoms with van der Waals surface area (Å²) in [6.07, 6.45) is 0.694. The molecule has 2 aromatic carbocycles. The molecule has 0 unspecified atom stereocenters. The number of benzene rings is 2. The number of fused-ring (bicyclic) bond motifs is 2. The second kappa shape index (κ2) is 8.61. The molecule has 0 N–H and O–H groups in total. The van der Waals surface area contributed by atoms with Crippen molar-refractivity contribution in [3.63, 3.8) is 0 Å². The Kier molecular flexibility index (Phi) is 5.62. The fraction of sp³-hybridized carbons (Fsp3) is 0.318. The van der Waals surface area contributed by atoms with Crippen LogP contribution >= 0.6 is 0 Å². The normalized spacial score (nSPS) is 16.5. The molecule has 0 bridgehead atoms. The van der Waals surface area contributed by atoms with Crippen LogP contribution in [0.2, 0.25) is 0 Å². The predicted octanol–water partition coefficient (Wildman–Crippen LogP) is 0.711. The van der Waals surface area contributed by atoms with Gasteiger partial charge in [0.1, 0.15) is 13.2 Å². The second-order valence-corrected chi connectivity index (χ2v) is 9.85. The van der Waals surface area contributed by atoms with E-state index >= 15 is 0 Å². The molecule has 2 aliphatic heterocycles. The quantitative estimate of drug-likeness (QED) is 0.367. The van der Waals surface area contributed by atoms with Crippen molar-refractivity contribution in [1.82, 2.24) is 13.8 Å². The van der Waals surface area contributed by atoms with Crippen molar-refractivity contribution in [3.05, 3.63) is 52.5 Å². The standard InChI is InChI=1S/C22H21N3O8S/c26-14-23-5-7-24(8-6-23)34(29,30)16-2-3-17-20(12-16)33-22(28)25(17)13-18(27)15-1-4-19-21(11-15)32-10-9-31-19/h1-4,11-12,14H,5-10,13H2. The molecule has 0 spiro atoms. The maximum Gasteiger partial charge on any atom is 0.420 e. The van der Waals surface area contributed by atoms with Crippen LogP contribution in [-0.2, 0) is 21.4 Å². The van der Waals surface area contributed by atoms with Gasteiger partial charge in [-0.3, -0.25) is 14.2 Å². The lowest BCUT2D eigenvalue weighted by Crippen LogP contribution is -2.47. The molecule has 178 valence electrons. The minimum atomic E-state index is -3.84. The van der Waals surface area contributed by atoms with Crippen molar-refractivity contribution in [2.45, 2.75) is 11.4 Å². The second-order valence-electron chi connectivity index (χ2n) is 7.91. The molecule has 3 heterocycles. The summed E-state index contributed by atoms with van der Waals surface area (Å²) >= 11 is 0. The van der Waals surface area contributed by atoms with Gasteiger partial charge in [0.25, 0.3) is 0 Å². The molecule has 0 aliphatic carbocycles. The van der Waals surface area contributed by atoms with E-state index in [1.165, 1.54) is 27.4 Å². The molecule has 1 saturated heterocycles. The number of ketones is 1. The zero-order valence-corrected chi connectivity index (χ0v) is 18.8. The smallest absolute Gasteiger partial charge is 0.420 e. The van der Waals surface area contributed by atoms with Gasteiger partial charge in [0.2, 0.25) is 16.4 Å². The summed E-state index contributed by atoms with van der Waals surface area (Å²) in [7, 11) is -3.84. The summed E-state index contributed by atoms with van der Waals surface area (Å²) in [6.45, 7) is 1.49. The van der Waals surface area contributed by atoms with E-state index in [9.17, 15) is 22.8 Å². The molecule has 1 aromatic heterocycles. The Hall–Kier alpha value is -3.64. The highest BCUT2D eigenvalue weighted by Crippen LogP contribution is 2.31. The number of oxazole rings is 1. The number of rotatable bonds is 6. The summed E-state index contributed by atoms with van der Waals surface area (Å²) in [6, 6.07) is 8.92. The number of carbonyl (C=O) groups excluding carboxylic acids is 2. The van der Waals surface area contributed by atoms with Crippen molar-refractivity contribution in [1.29, 1.82) is 0 Å². The van der Waals surface area contributed by atoms with Crippen LogP contribution in [0.3, 0.4) is 0 Å². The van der Waals surface area contributed by atoms with Crippen molar-refractivity contribution in [2.75, 3.05) is 39.4 Å². The SMILES string of the molecule is O=CN1CCN(S(=O)(=O)c2ccc3c(c2)oc(=O)n3CC(=O)c2ccc3c(c2)OCCO3)CC1. The van der Waals surface area contributed by atoms with Crippen LogP contribution in [0.25, 0.3) is 11.1 Å². The third kappa shape index (κ3) is 3.94. The Morgan fingerprint density at radius 2 is 1.71 bits per heavy atom. The van der Waals surface area contributed by atoms with E-state index in [1.54, 1.807) is 18.2 Å². The summed E-state index contributed by atoms with van der Waals surface area (Å²) in [5.74, 6) is -0.0954. The van der Waals surface area contributed by atoms with Gasteiger partial charge in [-0.25, -0.2) is 13.2 Å². The molecule has 0 atom stereocenters. The van der Waals surface area contributed by atoms with E-state index in [4.69, 9.17) is 13.9 Å². The molecule has 1 fully saturated rings. The van der Waals surface area contributed by atoms with Crippen LogP contribution in [0, 0.1) is 0 Å². The van der Waals surface area contributed by atoms with Gasteiger partial charge >= 0.3 is 5.76 Å². The lowest BCUT2D eigenvalue weighted by molar-refractivity contribution is -0.119. The Balaban J connectivity index is 1.40. The molecule has 0 saturated carbocycles. The van der Waals surface area contributed by atoms with Crippen LogP contribution in [-0.4, -0.2) is 73.8 Å². The summed E-state index contributed by atoms with van der Waals surface area (Å²) in [5.41, 5.74) is 0.715. The topological polar surface area (TPSA) is 128 Å². The minimum Gasteiger partial charge on any atom is -0.486 e. The molecule has 34 heavy (non-hydrogen) atoms.